The minimum absolute atomic E-state index is 0.0993. The van der Waals surface area contributed by atoms with Gasteiger partial charge in [-0.25, -0.2) is 4.79 Å². The van der Waals surface area contributed by atoms with Crippen molar-refractivity contribution < 1.29 is 14.3 Å². The van der Waals surface area contributed by atoms with Crippen LogP contribution in [0.4, 0.5) is 4.79 Å². The standard InChI is InChI=1S/C31H46O3/c1-9-11-13-19-30(5,6)25-15-17-27(23(3)21-25)33-29(32)34-28-18-16-26(22-24(28)4)31(7,8)20-14-12-10-2/h15-18,21-22H,9-14,19-20H2,1-8H3. The number of unbranched alkanes of at least 4 members (excludes halogenated alkanes) is 4. The first-order valence-corrected chi connectivity index (χ1v) is 13.1. The van der Waals surface area contributed by atoms with E-state index < -0.39 is 6.16 Å². The zero-order valence-electron chi connectivity index (χ0n) is 22.8. The lowest BCUT2D eigenvalue weighted by Gasteiger charge is -2.26. The molecular formula is C31H46O3. The van der Waals surface area contributed by atoms with E-state index in [1.807, 2.05) is 26.0 Å². The van der Waals surface area contributed by atoms with E-state index in [0.29, 0.717) is 11.5 Å². The highest BCUT2D eigenvalue weighted by molar-refractivity contribution is 5.68. The van der Waals surface area contributed by atoms with Crippen molar-refractivity contribution in [3.05, 3.63) is 58.7 Å². The van der Waals surface area contributed by atoms with Crippen molar-refractivity contribution in [3.8, 4) is 11.5 Å². The maximum atomic E-state index is 12.6. The van der Waals surface area contributed by atoms with E-state index in [4.69, 9.17) is 9.47 Å². The maximum absolute atomic E-state index is 12.6. The molecule has 3 heteroatoms. The van der Waals surface area contributed by atoms with Crippen LogP contribution in [0.1, 0.15) is 115 Å². The second kappa shape index (κ2) is 12.4. The summed E-state index contributed by atoms with van der Waals surface area (Å²) in [6.07, 6.45) is 9.00. The van der Waals surface area contributed by atoms with E-state index in [1.54, 1.807) is 0 Å². The lowest BCUT2D eigenvalue weighted by molar-refractivity contribution is 0.151. The summed E-state index contributed by atoms with van der Waals surface area (Å²) in [7, 11) is 0. The third kappa shape index (κ3) is 7.89. The fourth-order valence-electron chi connectivity index (χ4n) is 4.49. The van der Waals surface area contributed by atoms with Gasteiger partial charge >= 0.3 is 6.16 Å². The second-order valence-corrected chi connectivity index (χ2v) is 11.1. The molecule has 0 saturated carbocycles. The number of benzene rings is 2. The molecule has 34 heavy (non-hydrogen) atoms. The molecule has 0 saturated heterocycles. The largest absolute Gasteiger partial charge is 0.519 e. The molecule has 0 aliphatic carbocycles. The van der Waals surface area contributed by atoms with Crippen LogP contribution in [0.15, 0.2) is 36.4 Å². The Morgan fingerprint density at radius 3 is 1.38 bits per heavy atom. The highest BCUT2D eigenvalue weighted by Crippen LogP contribution is 2.34. The van der Waals surface area contributed by atoms with Crippen molar-refractivity contribution >= 4 is 6.16 Å². The number of carbonyl (C=O) groups excluding carboxylic acids is 1. The number of hydrogen-bond acceptors (Lipinski definition) is 3. The van der Waals surface area contributed by atoms with E-state index in [-0.39, 0.29) is 10.8 Å². The van der Waals surface area contributed by atoms with Crippen molar-refractivity contribution in [2.24, 2.45) is 0 Å². The number of aryl methyl sites for hydroxylation is 2. The molecule has 0 aromatic heterocycles. The van der Waals surface area contributed by atoms with Gasteiger partial charge in [-0.15, -0.1) is 0 Å². The summed E-state index contributed by atoms with van der Waals surface area (Å²) in [5, 5.41) is 0. The molecule has 2 aromatic rings. The monoisotopic (exact) mass is 466 g/mol. The topological polar surface area (TPSA) is 35.5 Å². The van der Waals surface area contributed by atoms with Gasteiger partial charge in [0.15, 0.2) is 0 Å². The first-order chi connectivity index (χ1) is 16.0. The lowest BCUT2D eigenvalue weighted by Crippen LogP contribution is -2.19. The molecule has 0 unspecified atom stereocenters. The Morgan fingerprint density at radius 2 is 1.06 bits per heavy atom. The molecule has 0 aliphatic heterocycles. The molecule has 2 aromatic carbocycles. The van der Waals surface area contributed by atoms with Crippen LogP contribution in [0, 0.1) is 13.8 Å². The number of hydrogen-bond donors (Lipinski definition) is 0. The van der Waals surface area contributed by atoms with Gasteiger partial charge in [0.25, 0.3) is 0 Å². The molecule has 0 amide bonds. The Labute approximate surface area is 208 Å². The van der Waals surface area contributed by atoms with Crippen LogP contribution in [-0.4, -0.2) is 6.16 Å². The van der Waals surface area contributed by atoms with Crippen LogP contribution < -0.4 is 9.47 Å². The SMILES string of the molecule is CCCCCC(C)(C)c1ccc(OC(=O)Oc2ccc(C(C)(C)CCCCC)cc2C)c(C)c1. The van der Waals surface area contributed by atoms with E-state index in [1.165, 1.54) is 49.7 Å². The van der Waals surface area contributed by atoms with Gasteiger partial charge in [-0.2, -0.15) is 0 Å². The summed E-state index contributed by atoms with van der Waals surface area (Å²) in [5.74, 6) is 1.09. The van der Waals surface area contributed by atoms with Crippen LogP contribution >= 0.6 is 0 Å². The Hall–Kier alpha value is -2.29. The van der Waals surface area contributed by atoms with Gasteiger partial charge in [-0.05, 0) is 71.9 Å². The van der Waals surface area contributed by atoms with Crippen LogP contribution in [-0.2, 0) is 10.8 Å². The highest BCUT2D eigenvalue weighted by Gasteiger charge is 2.23. The van der Waals surface area contributed by atoms with Crippen molar-refractivity contribution in [2.75, 3.05) is 0 Å². The van der Waals surface area contributed by atoms with Gasteiger partial charge in [0.2, 0.25) is 0 Å². The molecule has 188 valence electrons. The normalized spacial score (nSPS) is 12.0. The van der Waals surface area contributed by atoms with E-state index in [9.17, 15) is 4.79 Å². The maximum Gasteiger partial charge on any atom is 0.519 e. The third-order valence-corrected chi connectivity index (χ3v) is 7.11. The predicted octanol–water partition coefficient (Wildman–Crippen LogP) is 9.60. The molecule has 3 nitrogen and oxygen atoms in total. The first kappa shape index (κ1) is 28.0. The summed E-state index contributed by atoms with van der Waals surface area (Å²) < 4.78 is 11.1. The second-order valence-electron chi connectivity index (χ2n) is 11.1. The van der Waals surface area contributed by atoms with Crippen molar-refractivity contribution in [2.45, 2.75) is 118 Å². The molecule has 0 bridgehead atoms. The van der Waals surface area contributed by atoms with E-state index in [0.717, 1.165) is 24.0 Å². The van der Waals surface area contributed by atoms with E-state index >= 15 is 0 Å². The van der Waals surface area contributed by atoms with Crippen LogP contribution in [0.25, 0.3) is 0 Å². The predicted molar refractivity (Wildman–Crippen MR) is 143 cm³/mol. The lowest BCUT2D eigenvalue weighted by atomic mass is 9.79. The molecule has 0 N–H and O–H groups in total. The third-order valence-electron chi connectivity index (χ3n) is 7.11. The first-order valence-electron chi connectivity index (χ1n) is 13.1. The molecule has 0 spiro atoms. The summed E-state index contributed by atoms with van der Waals surface area (Å²) in [5.41, 5.74) is 4.63. The van der Waals surface area contributed by atoms with Crippen LogP contribution in [0.3, 0.4) is 0 Å². The molecular weight excluding hydrogens is 420 g/mol. The molecule has 0 fully saturated rings. The van der Waals surface area contributed by atoms with Crippen LogP contribution in [0.2, 0.25) is 0 Å². The Kier molecular flexibility index (Phi) is 10.2. The summed E-state index contributed by atoms with van der Waals surface area (Å²) in [4.78, 5) is 12.6. The smallest absolute Gasteiger partial charge is 0.394 e. The van der Waals surface area contributed by atoms with Crippen molar-refractivity contribution in [1.82, 2.24) is 0 Å². The average Bonchev–Trinajstić information content (AvgIpc) is 2.76. The molecule has 0 aliphatic rings. The minimum Gasteiger partial charge on any atom is -0.394 e. The molecule has 0 radical (unpaired) electrons. The Bertz CT molecular complexity index is 864. The summed E-state index contributed by atoms with van der Waals surface area (Å²) in [6, 6.07) is 12.2. The average molecular weight is 467 g/mol. The molecule has 2 rings (SSSR count). The highest BCUT2D eigenvalue weighted by atomic mass is 16.7. The van der Waals surface area contributed by atoms with Crippen LogP contribution in [0.5, 0.6) is 11.5 Å². The molecule has 0 atom stereocenters. The van der Waals surface area contributed by atoms with Gasteiger partial charge in [0, 0.05) is 0 Å². The number of ether oxygens (including phenoxy) is 2. The number of rotatable bonds is 12. The van der Waals surface area contributed by atoms with E-state index in [2.05, 4.69) is 65.8 Å². The fraction of sp³-hybridized carbons (Fsp3) is 0.581. The van der Waals surface area contributed by atoms with Crippen molar-refractivity contribution in [1.29, 1.82) is 0 Å². The van der Waals surface area contributed by atoms with Gasteiger partial charge in [-0.3, -0.25) is 0 Å². The fourth-order valence-corrected chi connectivity index (χ4v) is 4.49. The van der Waals surface area contributed by atoms with Gasteiger partial charge in [-0.1, -0.05) is 104 Å². The minimum atomic E-state index is -0.698. The zero-order chi connectivity index (χ0) is 25.4. The van der Waals surface area contributed by atoms with Gasteiger partial charge in [0.05, 0.1) is 0 Å². The van der Waals surface area contributed by atoms with Gasteiger partial charge < -0.3 is 9.47 Å². The van der Waals surface area contributed by atoms with Gasteiger partial charge in [0.1, 0.15) is 11.5 Å². The zero-order valence-corrected chi connectivity index (χ0v) is 22.8. The Morgan fingerprint density at radius 1 is 0.676 bits per heavy atom. The summed E-state index contributed by atoms with van der Waals surface area (Å²) in [6.45, 7) is 17.5. The summed E-state index contributed by atoms with van der Waals surface area (Å²) >= 11 is 0. The Balaban J connectivity index is 2.04. The quantitative estimate of drug-likeness (QED) is 0.177. The number of carbonyl (C=O) groups is 1. The molecule has 0 heterocycles. The van der Waals surface area contributed by atoms with Crippen molar-refractivity contribution in [3.63, 3.8) is 0 Å².